The number of carboxylic acids is 6. The van der Waals surface area contributed by atoms with E-state index in [-0.39, 0.29) is 84.8 Å². The Morgan fingerprint density at radius 2 is 0.932 bits per heavy atom. The molecule has 36 nitrogen and oxygen atoms in total. The first kappa shape index (κ1) is 85.4. The summed E-state index contributed by atoms with van der Waals surface area (Å²) in [6.45, 7) is 9.99. The number of aryl methyl sites for hydroxylation is 2. The fraction of sp³-hybridized carbons (Fsp3) is 0.460. The summed E-state index contributed by atoms with van der Waals surface area (Å²) < 4.78 is 50.8. The Labute approximate surface area is 517 Å². The number of hydrogen-bond donors (Lipinski definition) is 7. The Kier molecular flexibility index (Phi) is 48.7. The number of aliphatic carboxylic acids is 6. The third-order valence-electron chi connectivity index (χ3n) is 11.3. The number of Topliss-reactive ketones (excluding diaryl/α,β-unsaturated/α-hetero) is 1. The molecule has 1 aromatic carbocycles. The van der Waals surface area contributed by atoms with Crippen LogP contribution < -0.4 is 4.72 Å². The van der Waals surface area contributed by atoms with Crippen LogP contribution in [0.1, 0.15) is 42.9 Å². The molecule has 0 aliphatic heterocycles. The van der Waals surface area contributed by atoms with Crippen molar-refractivity contribution >= 4 is 88.6 Å². The molecular formula is C50H62N11O25ReS-. The number of aromatic nitrogens is 4. The normalized spacial score (nSPS) is 10.2. The van der Waals surface area contributed by atoms with Gasteiger partial charge in [-0.05, 0) is 37.0 Å². The molecule has 88 heavy (non-hydrogen) atoms. The predicted molar refractivity (Wildman–Crippen MR) is 281 cm³/mol. The number of likely N-dealkylation sites (N-methyl/N-ethyl adjacent to an activating group) is 2. The second kappa shape index (κ2) is 50.2. The standard InChI is InChI=1S/C45H63N11O18S.2CO2.3CO.Re/c1-49(27-42(65)66)37(58)24-51(21-34(57)32(19-40(61)62)20-41(63)64)12-3-14-54-17-10-46-35(54)22-53(16-9-31-5-7-33(8-6-31)48-75(73)74)23-36-47-11-18-55(36)15-4-13-52(25-38(59)50(2)28-43(67)68)26-39(60)56(29-44(69)70)30-45(71)72;2*2-1-3;3*1-2;/h5-8,10-11,17-18,32,48H,3-4,9,12-16,19-30H2,1-2H3,(H,61,62)(H,63,64)(H,65,66)(H,67,68)(H,69,70)(H,71,72)(H,73,74);;;;;;/p-1. The number of hydrogen-bond acceptors (Lipinski definition) is 21. The zero-order chi connectivity index (χ0) is 67.2. The van der Waals surface area contributed by atoms with Crippen molar-refractivity contribution in [3.05, 3.63) is 86.2 Å². The van der Waals surface area contributed by atoms with E-state index in [0.29, 0.717) is 35.2 Å². The summed E-state index contributed by atoms with van der Waals surface area (Å²) in [5, 5.41) is 55.7. The molecule has 0 saturated carbocycles. The molecule has 3 rings (SSSR count). The minimum absolute atomic E-state index is 0. The van der Waals surface area contributed by atoms with Gasteiger partial charge >= 0.3 is 82.0 Å². The van der Waals surface area contributed by atoms with Crippen LogP contribution in [0.15, 0.2) is 49.1 Å². The molecule has 3 amide bonds. The zero-order valence-electron chi connectivity index (χ0n) is 47.0. The molecule has 2 aromatic heterocycles. The van der Waals surface area contributed by atoms with Crippen molar-refractivity contribution in [1.29, 1.82) is 0 Å². The van der Waals surface area contributed by atoms with Gasteiger partial charge in [-0.3, -0.25) is 66.9 Å². The largest absolute Gasteiger partial charge is 0 e. The van der Waals surface area contributed by atoms with E-state index in [1.807, 2.05) is 14.0 Å². The average molecular weight is 1440 g/mol. The summed E-state index contributed by atoms with van der Waals surface area (Å²) in [6, 6.07) is 6.72. The van der Waals surface area contributed by atoms with Crippen molar-refractivity contribution in [2.24, 2.45) is 5.92 Å². The maximum atomic E-state index is 13.3. The van der Waals surface area contributed by atoms with Crippen LogP contribution in [0, 0.1) is 25.9 Å². The first-order valence-electron chi connectivity index (χ1n) is 24.5. The van der Waals surface area contributed by atoms with E-state index in [0.717, 1.165) is 15.4 Å². The Morgan fingerprint density at radius 3 is 1.28 bits per heavy atom. The molecule has 2 heterocycles. The van der Waals surface area contributed by atoms with Crippen LogP contribution in [0.25, 0.3) is 0 Å². The first-order valence-corrected chi connectivity index (χ1v) is 25.6. The molecule has 0 aliphatic carbocycles. The second-order valence-corrected chi connectivity index (χ2v) is 18.2. The van der Waals surface area contributed by atoms with Crippen molar-refractivity contribution in [2.45, 2.75) is 58.3 Å². The number of rotatable bonds is 38. The van der Waals surface area contributed by atoms with Gasteiger partial charge in [0, 0.05) is 115 Å². The third-order valence-corrected chi connectivity index (χ3v) is 11.7. The van der Waals surface area contributed by atoms with E-state index in [9.17, 15) is 87.3 Å². The van der Waals surface area contributed by atoms with E-state index in [1.165, 1.54) is 23.9 Å². The van der Waals surface area contributed by atoms with Crippen LogP contribution in [-0.4, -0.2) is 246 Å². The minimum atomic E-state index is -2.53. The quantitative estimate of drug-likeness (QED) is 0.0169. The molecule has 1 unspecified atom stereocenters. The number of carbonyl (C=O) groups excluding carboxylic acids is 8. The maximum Gasteiger partial charge on any atom is 0 e. The van der Waals surface area contributed by atoms with E-state index in [1.54, 1.807) is 49.1 Å². The fourth-order valence-electron chi connectivity index (χ4n) is 7.61. The number of benzene rings is 1. The van der Waals surface area contributed by atoms with Gasteiger partial charge in [0.25, 0.3) is 0 Å². The van der Waals surface area contributed by atoms with Crippen LogP contribution in [0.2, 0.25) is 0 Å². The van der Waals surface area contributed by atoms with Gasteiger partial charge in [0.15, 0.2) is 5.78 Å². The van der Waals surface area contributed by atoms with Crippen LogP contribution in [0.3, 0.4) is 0 Å². The van der Waals surface area contributed by atoms with Crippen molar-refractivity contribution < 1.29 is 141 Å². The molecule has 38 heteroatoms. The van der Waals surface area contributed by atoms with Gasteiger partial charge < -0.3 is 63.7 Å². The molecule has 0 saturated heterocycles. The Hall–Kier alpha value is -9.03. The molecule has 1 radical (unpaired) electrons. The number of anilines is 1. The average Bonchev–Trinajstić information content (AvgIpc) is 3.95. The van der Waals surface area contributed by atoms with Gasteiger partial charge in [-0.2, -0.15) is 19.2 Å². The molecule has 0 spiro atoms. The molecule has 3 aromatic rings. The van der Waals surface area contributed by atoms with Gasteiger partial charge in [0.2, 0.25) is 17.7 Å². The number of amides is 3. The zero-order valence-corrected chi connectivity index (χ0v) is 50.6. The van der Waals surface area contributed by atoms with Crippen molar-refractivity contribution in [1.82, 2.24) is 48.5 Å². The summed E-state index contributed by atoms with van der Waals surface area (Å²) in [6.07, 6.45) is 6.57. The third kappa shape index (κ3) is 39.6. The smallest absolute Gasteiger partial charge is 0 e. The van der Waals surface area contributed by atoms with Gasteiger partial charge in [-0.1, -0.05) is 12.1 Å². The van der Waals surface area contributed by atoms with Gasteiger partial charge in [-0.15, -0.1) is 0 Å². The molecule has 7 N–H and O–H groups in total. The van der Waals surface area contributed by atoms with Gasteiger partial charge in [0.1, 0.15) is 37.8 Å². The van der Waals surface area contributed by atoms with E-state index < -0.39 is 142 Å². The topological polar surface area (TPSA) is 527 Å². The van der Waals surface area contributed by atoms with Crippen LogP contribution in [0.4, 0.5) is 5.69 Å². The van der Waals surface area contributed by atoms with Crippen LogP contribution >= 0.6 is 0 Å². The van der Waals surface area contributed by atoms with Crippen LogP contribution in [-0.2, 0) is 145 Å². The number of nitrogens with zero attached hydrogens (tertiary/aromatic N) is 10. The molecule has 0 bridgehead atoms. The number of nitrogens with one attached hydrogen (secondary N) is 1. The molecule has 0 aliphatic rings. The van der Waals surface area contributed by atoms with E-state index in [4.69, 9.17) is 33.1 Å². The molecule has 1 atom stereocenters. The molecule has 481 valence electrons. The maximum absolute atomic E-state index is 13.3. The fourth-order valence-corrected chi connectivity index (χ4v) is 7.94. The van der Waals surface area contributed by atoms with Crippen molar-refractivity contribution in [3.8, 4) is 0 Å². The Bertz CT molecular complexity index is 2660. The second-order valence-electron chi connectivity index (χ2n) is 17.5. The van der Waals surface area contributed by atoms with E-state index in [2.05, 4.69) is 34.6 Å². The van der Waals surface area contributed by atoms with Crippen molar-refractivity contribution in [2.75, 3.05) is 90.8 Å². The van der Waals surface area contributed by atoms with Gasteiger partial charge in [-0.25, -0.2) is 9.97 Å². The summed E-state index contributed by atoms with van der Waals surface area (Å²) >= 11 is -2.53. The summed E-state index contributed by atoms with van der Waals surface area (Å²) in [5.41, 5.74) is 1.20. The molecular weight excluding hydrogens is 1370 g/mol. The molecule has 0 fully saturated rings. The number of ketones is 1. The Morgan fingerprint density at radius 1 is 0.568 bits per heavy atom. The summed E-state index contributed by atoms with van der Waals surface area (Å²) in [7, 11) is 2.52. The van der Waals surface area contributed by atoms with Crippen molar-refractivity contribution in [3.63, 3.8) is 0 Å². The first-order chi connectivity index (χ1) is 41.2. The van der Waals surface area contributed by atoms with Crippen LogP contribution in [0.5, 0.6) is 0 Å². The van der Waals surface area contributed by atoms with E-state index >= 15 is 0 Å². The monoisotopic (exact) mass is 1440 g/mol. The minimum Gasteiger partial charge on any atom is 0 e. The summed E-state index contributed by atoms with van der Waals surface area (Å²) in [5.74, 6) is -11.4. The van der Waals surface area contributed by atoms with Gasteiger partial charge in [0.05, 0.1) is 52.1 Å². The number of carboxylic acid groups (broad SMARTS) is 6. The SMILES string of the molecule is CN(CC(=O)O)C(=O)CN(CCCn1ccnc1CN(CCc1ccc(NS(=O)[O-])cc1)Cc1nccn1CCCN(CC(=O)N(C)CC(=O)O)CC(=O)N(CC(=O)O)CC(=O)O)CC(=O)C(CC(=O)O)CC(=O)O.O=C=O.O=C=O.[C-]#[O+].[C-]#[O+].[C-]#[O+].[Re]. The summed E-state index contributed by atoms with van der Waals surface area (Å²) in [4.78, 5) is 170. The Balaban J connectivity index is -0.00000252. The predicted octanol–water partition coefficient (Wildman–Crippen LogP) is -3.15. The number of imidazole rings is 2. The number of carbonyl (C=O) groups is 10.